The molecule has 1 N–H and O–H groups in total. The van der Waals surface area contributed by atoms with Gasteiger partial charge in [-0.3, -0.25) is 0 Å². The van der Waals surface area contributed by atoms with Crippen LogP contribution in [0.1, 0.15) is 52.6 Å². The summed E-state index contributed by atoms with van der Waals surface area (Å²) in [5.41, 5.74) is 0.812. The second-order valence-corrected chi connectivity index (χ2v) is 7.56. The minimum atomic E-state index is -0.446. The Labute approximate surface area is 148 Å². The molecule has 130 valence electrons. The maximum Gasteiger partial charge on any atom is 0.410 e. The summed E-state index contributed by atoms with van der Waals surface area (Å²) in [5, 5.41) is 3.49. The molecular formula is C18H29BrN2O2. The normalized spacial score (nSPS) is 12.8. The van der Waals surface area contributed by atoms with Crippen LogP contribution in [0.5, 0.6) is 0 Å². The summed E-state index contributed by atoms with van der Waals surface area (Å²) in [7, 11) is 0. The van der Waals surface area contributed by atoms with Crippen LogP contribution < -0.4 is 5.32 Å². The molecule has 0 aliphatic carbocycles. The van der Waals surface area contributed by atoms with Crippen molar-refractivity contribution in [3.63, 3.8) is 0 Å². The van der Waals surface area contributed by atoms with Crippen LogP contribution in [0.3, 0.4) is 0 Å². The molecule has 0 saturated heterocycles. The largest absolute Gasteiger partial charge is 0.444 e. The first-order chi connectivity index (χ1) is 10.7. The highest BCUT2D eigenvalue weighted by Crippen LogP contribution is 2.16. The minimum Gasteiger partial charge on any atom is -0.444 e. The average molecular weight is 385 g/mol. The van der Waals surface area contributed by atoms with E-state index in [2.05, 4.69) is 52.4 Å². The summed E-state index contributed by atoms with van der Waals surface area (Å²) < 4.78 is 6.50. The van der Waals surface area contributed by atoms with Crippen LogP contribution in [0.4, 0.5) is 4.79 Å². The van der Waals surface area contributed by atoms with E-state index in [0.717, 1.165) is 17.4 Å². The van der Waals surface area contributed by atoms with Gasteiger partial charge in [0, 0.05) is 23.6 Å². The van der Waals surface area contributed by atoms with Crippen molar-refractivity contribution in [2.24, 2.45) is 0 Å². The lowest BCUT2D eigenvalue weighted by atomic mass is 10.1. The number of hydrogen-bond acceptors (Lipinski definition) is 3. The Balaban J connectivity index is 2.34. The quantitative estimate of drug-likeness (QED) is 0.689. The van der Waals surface area contributed by atoms with Crippen LogP contribution in [0.2, 0.25) is 0 Å². The van der Waals surface area contributed by atoms with Crippen LogP contribution in [0, 0.1) is 0 Å². The van der Waals surface area contributed by atoms with Crippen molar-refractivity contribution in [2.75, 3.05) is 19.6 Å². The Bertz CT molecular complexity index is 483. The first-order valence-corrected chi connectivity index (χ1v) is 8.99. The Hall–Kier alpha value is -1.07. The lowest BCUT2D eigenvalue weighted by molar-refractivity contribution is 0.0258. The molecule has 0 fully saturated rings. The molecule has 0 heterocycles. The maximum absolute atomic E-state index is 12.1. The third kappa shape index (κ3) is 7.84. The fraction of sp³-hybridized carbons (Fsp3) is 0.611. The van der Waals surface area contributed by atoms with E-state index in [4.69, 9.17) is 4.74 Å². The molecule has 0 bridgehead atoms. The smallest absolute Gasteiger partial charge is 0.410 e. The van der Waals surface area contributed by atoms with Gasteiger partial charge in [0.1, 0.15) is 5.60 Å². The zero-order chi connectivity index (χ0) is 17.5. The molecule has 1 amide bonds. The molecule has 4 nitrogen and oxygen atoms in total. The number of halogens is 1. The second-order valence-electron chi connectivity index (χ2n) is 6.64. The molecule has 1 unspecified atom stereocenters. The van der Waals surface area contributed by atoms with Crippen LogP contribution in [0.25, 0.3) is 0 Å². The third-order valence-corrected chi connectivity index (χ3v) is 3.99. The lowest BCUT2D eigenvalue weighted by Gasteiger charge is -2.26. The topological polar surface area (TPSA) is 41.6 Å². The van der Waals surface area contributed by atoms with Crippen molar-refractivity contribution in [2.45, 2.75) is 52.7 Å². The van der Waals surface area contributed by atoms with E-state index in [1.165, 1.54) is 5.56 Å². The van der Waals surface area contributed by atoms with Crippen molar-refractivity contribution >= 4 is 22.0 Å². The van der Waals surface area contributed by atoms with Crippen LogP contribution >= 0.6 is 15.9 Å². The van der Waals surface area contributed by atoms with Crippen molar-refractivity contribution in [3.05, 3.63) is 34.3 Å². The summed E-state index contributed by atoms with van der Waals surface area (Å²) in [6.07, 6.45) is 0.662. The number of hydrogen-bond donors (Lipinski definition) is 1. The van der Waals surface area contributed by atoms with Crippen LogP contribution in [0.15, 0.2) is 28.7 Å². The Morgan fingerprint density at radius 1 is 1.30 bits per heavy atom. The minimum absolute atomic E-state index is 0.235. The van der Waals surface area contributed by atoms with Gasteiger partial charge in [0.15, 0.2) is 0 Å². The number of nitrogens with zero attached hydrogens (tertiary/aromatic N) is 1. The molecule has 0 spiro atoms. The zero-order valence-electron chi connectivity index (χ0n) is 14.9. The number of benzene rings is 1. The van der Waals surface area contributed by atoms with E-state index >= 15 is 0 Å². The number of carbonyl (C=O) groups is 1. The molecule has 5 heteroatoms. The number of ether oxygens (including phenoxy) is 1. The van der Waals surface area contributed by atoms with E-state index in [0.29, 0.717) is 19.1 Å². The second kappa shape index (κ2) is 9.28. The molecule has 0 aliphatic heterocycles. The summed E-state index contributed by atoms with van der Waals surface area (Å²) in [6, 6.07) is 8.62. The van der Waals surface area contributed by atoms with Gasteiger partial charge in [0.05, 0.1) is 0 Å². The van der Waals surface area contributed by atoms with Gasteiger partial charge in [-0.15, -0.1) is 0 Å². The Morgan fingerprint density at radius 2 is 1.91 bits per heavy atom. The Morgan fingerprint density at radius 3 is 2.43 bits per heavy atom. The summed E-state index contributed by atoms with van der Waals surface area (Å²) in [6.45, 7) is 12.0. The van der Waals surface area contributed by atoms with Crippen LogP contribution in [-0.4, -0.2) is 36.2 Å². The van der Waals surface area contributed by atoms with Gasteiger partial charge in [0.25, 0.3) is 0 Å². The maximum atomic E-state index is 12.1. The van der Waals surface area contributed by atoms with Gasteiger partial charge in [-0.25, -0.2) is 4.79 Å². The van der Waals surface area contributed by atoms with Crippen molar-refractivity contribution in [1.82, 2.24) is 10.2 Å². The van der Waals surface area contributed by atoms with E-state index < -0.39 is 5.60 Å². The number of rotatable bonds is 7. The van der Waals surface area contributed by atoms with Crippen molar-refractivity contribution in [1.29, 1.82) is 0 Å². The number of nitrogens with one attached hydrogen (secondary N) is 1. The van der Waals surface area contributed by atoms with E-state index in [1.807, 2.05) is 27.7 Å². The molecule has 0 radical (unpaired) electrons. The lowest BCUT2D eigenvalue weighted by Crippen LogP contribution is -2.38. The predicted molar refractivity (Wildman–Crippen MR) is 98.7 cm³/mol. The number of amides is 1. The predicted octanol–water partition coefficient (Wildman–Crippen LogP) is 4.75. The highest BCUT2D eigenvalue weighted by atomic mass is 79.9. The summed E-state index contributed by atoms with van der Waals surface area (Å²) in [4.78, 5) is 13.8. The van der Waals surface area contributed by atoms with Gasteiger partial charge >= 0.3 is 6.09 Å². The fourth-order valence-corrected chi connectivity index (χ4v) is 2.43. The molecule has 0 aliphatic rings. The monoisotopic (exact) mass is 384 g/mol. The molecule has 0 saturated carbocycles. The average Bonchev–Trinajstić information content (AvgIpc) is 2.45. The molecule has 0 aromatic heterocycles. The van der Waals surface area contributed by atoms with Gasteiger partial charge in [-0.2, -0.15) is 0 Å². The fourth-order valence-electron chi connectivity index (χ4n) is 2.16. The zero-order valence-corrected chi connectivity index (χ0v) is 16.4. The van der Waals surface area contributed by atoms with E-state index in [-0.39, 0.29) is 6.09 Å². The molecular weight excluding hydrogens is 356 g/mol. The third-order valence-electron chi connectivity index (χ3n) is 3.46. The van der Waals surface area contributed by atoms with Gasteiger partial charge in [-0.1, -0.05) is 28.1 Å². The van der Waals surface area contributed by atoms with E-state index in [1.54, 1.807) is 4.90 Å². The van der Waals surface area contributed by atoms with Crippen molar-refractivity contribution in [3.8, 4) is 0 Å². The summed E-state index contributed by atoms with van der Waals surface area (Å²) in [5.74, 6) is 0. The van der Waals surface area contributed by atoms with Crippen LogP contribution in [-0.2, 0) is 4.74 Å². The molecule has 1 rings (SSSR count). The highest BCUT2D eigenvalue weighted by Gasteiger charge is 2.20. The first-order valence-electron chi connectivity index (χ1n) is 8.19. The SMILES string of the molecule is CCN(CCCNC(C)c1ccc(Br)cc1)C(=O)OC(C)(C)C. The molecule has 1 atom stereocenters. The van der Waals surface area contributed by atoms with Gasteiger partial charge < -0.3 is 15.0 Å². The van der Waals surface area contributed by atoms with Crippen molar-refractivity contribution < 1.29 is 9.53 Å². The number of carbonyl (C=O) groups excluding carboxylic acids is 1. The highest BCUT2D eigenvalue weighted by molar-refractivity contribution is 9.10. The molecule has 1 aromatic rings. The van der Waals surface area contributed by atoms with Gasteiger partial charge in [-0.05, 0) is 65.3 Å². The van der Waals surface area contributed by atoms with Gasteiger partial charge in [0.2, 0.25) is 0 Å². The summed E-state index contributed by atoms with van der Waals surface area (Å²) >= 11 is 3.45. The molecule has 1 aromatic carbocycles. The standard InChI is InChI=1S/C18H29BrN2O2/c1-6-21(17(22)23-18(3,4)5)13-7-12-20-14(2)15-8-10-16(19)11-9-15/h8-11,14,20H,6-7,12-13H2,1-5H3. The molecule has 23 heavy (non-hydrogen) atoms. The first kappa shape index (κ1) is 20.0. The van der Waals surface area contributed by atoms with E-state index in [9.17, 15) is 4.79 Å². The Kier molecular flexibility index (Phi) is 8.06.